The van der Waals surface area contributed by atoms with Gasteiger partial charge in [0.25, 0.3) is 0 Å². The molecule has 2 rings (SSSR count). The first-order chi connectivity index (χ1) is 8.34. The Kier molecular flexibility index (Phi) is 5.23. The summed E-state index contributed by atoms with van der Waals surface area (Å²) in [6.07, 6.45) is 4.86. The minimum absolute atomic E-state index is 0.144. The molecular weight excluding hydrogens is 248 g/mol. The second-order valence-electron chi connectivity index (χ2n) is 4.30. The Morgan fingerprint density at radius 1 is 1.12 bits per heavy atom. The van der Waals surface area contributed by atoms with Crippen LogP contribution in [0.2, 0.25) is 0 Å². The number of rotatable bonds is 7. The van der Waals surface area contributed by atoms with Gasteiger partial charge in [0.2, 0.25) is 0 Å². The van der Waals surface area contributed by atoms with Crippen molar-refractivity contribution in [3.05, 3.63) is 44.8 Å². The Labute approximate surface area is 111 Å². The molecule has 0 aliphatic rings. The maximum Gasteiger partial charge on any atom is 0.0543 e. The van der Waals surface area contributed by atoms with E-state index in [0.717, 1.165) is 32.1 Å². The van der Waals surface area contributed by atoms with Crippen molar-refractivity contribution in [3.8, 4) is 0 Å². The van der Waals surface area contributed by atoms with Crippen LogP contribution in [-0.2, 0) is 12.8 Å². The summed E-state index contributed by atoms with van der Waals surface area (Å²) in [6.45, 7) is 0. The zero-order valence-corrected chi connectivity index (χ0v) is 11.5. The third kappa shape index (κ3) is 4.62. The molecule has 1 atom stereocenters. The number of hydrogen-bond acceptors (Lipinski definition) is 3. The Bertz CT molecular complexity index is 392. The summed E-state index contributed by atoms with van der Waals surface area (Å²) in [7, 11) is 0. The van der Waals surface area contributed by atoms with E-state index in [1.165, 1.54) is 10.4 Å². The lowest BCUT2D eigenvalue weighted by Crippen LogP contribution is -2.07. The predicted octanol–water partition coefficient (Wildman–Crippen LogP) is 4.13. The summed E-state index contributed by atoms with van der Waals surface area (Å²) in [5.41, 5.74) is 1.35. The Balaban J connectivity index is 1.59. The fraction of sp³-hybridized carbons (Fsp3) is 0.429. The molecule has 1 nitrogen and oxygen atoms in total. The molecule has 0 aliphatic heterocycles. The Hall–Kier alpha value is -0.640. The van der Waals surface area contributed by atoms with Gasteiger partial charge in [0.05, 0.1) is 6.10 Å². The average molecular weight is 266 g/mol. The van der Waals surface area contributed by atoms with Crippen LogP contribution < -0.4 is 0 Å². The smallest absolute Gasteiger partial charge is 0.0543 e. The van der Waals surface area contributed by atoms with Gasteiger partial charge in [0, 0.05) is 4.88 Å². The Morgan fingerprint density at radius 2 is 2.06 bits per heavy atom. The first-order valence-electron chi connectivity index (χ1n) is 6.06. The molecule has 0 radical (unpaired) electrons. The molecule has 2 heterocycles. The first kappa shape index (κ1) is 12.8. The van der Waals surface area contributed by atoms with Crippen LogP contribution in [0.5, 0.6) is 0 Å². The molecule has 0 aliphatic carbocycles. The Morgan fingerprint density at radius 3 is 2.76 bits per heavy atom. The quantitative estimate of drug-likeness (QED) is 0.799. The van der Waals surface area contributed by atoms with Gasteiger partial charge in [-0.3, -0.25) is 0 Å². The number of aryl methyl sites for hydroxylation is 2. The van der Waals surface area contributed by atoms with Crippen LogP contribution in [0.25, 0.3) is 0 Å². The van der Waals surface area contributed by atoms with Crippen LogP contribution in [-0.4, -0.2) is 11.2 Å². The zero-order valence-electron chi connectivity index (χ0n) is 9.84. The monoisotopic (exact) mass is 266 g/mol. The minimum Gasteiger partial charge on any atom is -0.393 e. The van der Waals surface area contributed by atoms with Gasteiger partial charge < -0.3 is 5.11 Å². The zero-order chi connectivity index (χ0) is 11.9. The number of aliphatic hydroxyl groups is 1. The summed E-state index contributed by atoms with van der Waals surface area (Å²) >= 11 is 3.53. The minimum atomic E-state index is -0.144. The lowest BCUT2D eigenvalue weighted by Gasteiger charge is -2.09. The second-order valence-corrected chi connectivity index (χ2v) is 6.11. The van der Waals surface area contributed by atoms with E-state index >= 15 is 0 Å². The normalized spacial score (nSPS) is 12.8. The number of aliphatic hydroxyl groups excluding tert-OH is 1. The highest BCUT2D eigenvalue weighted by molar-refractivity contribution is 7.09. The molecule has 0 saturated heterocycles. The van der Waals surface area contributed by atoms with Gasteiger partial charge >= 0.3 is 0 Å². The van der Waals surface area contributed by atoms with Crippen LogP contribution in [0.3, 0.4) is 0 Å². The van der Waals surface area contributed by atoms with Gasteiger partial charge in [-0.25, -0.2) is 0 Å². The van der Waals surface area contributed by atoms with Crippen molar-refractivity contribution in [3.63, 3.8) is 0 Å². The summed E-state index contributed by atoms with van der Waals surface area (Å²) in [5, 5.41) is 16.3. The lowest BCUT2D eigenvalue weighted by atomic mass is 10.0. The third-order valence-corrected chi connectivity index (χ3v) is 4.56. The molecule has 92 valence electrons. The molecule has 0 fully saturated rings. The topological polar surface area (TPSA) is 20.2 Å². The van der Waals surface area contributed by atoms with Crippen molar-refractivity contribution < 1.29 is 5.11 Å². The predicted molar refractivity (Wildman–Crippen MR) is 75.9 cm³/mol. The highest BCUT2D eigenvalue weighted by atomic mass is 32.1. The molecule has 2 aromatic heterocycles. The van der Waals surface area contributed by atoms with Crippen LogP contribution >= 0.6 is 22.7 Å². The van der Waals surface area contributed by atoms with E-state index in [9.17, 15) is 5.11 Å². The highest BCUT2D eigenvalue weighted by Crippen LogP contribution is 2.15. The average Bonchev–Trinajstić information content (AvgIpc) is 2.99. The maximum atomic E-state index is 9.88. The van der Waals surface area contributed by atoms with E-state index < -0.39 is 0 Å². The van der Waals surface area contributed by atoms with Crippen molar-refractivity contribution in [2.75, 3.05) is 0 Å². The number of thiophene rings is 2. The molecule has 17 heavy (non-hydrogen) atoms. The van der Waals surface area contributed by atoms with E-state index in [1.807, 2.05) is 0 Å². The summed E-state index contributed by atoms with van der Waals surface area (Å²) in [5.74, 6) is 0. The van der Waals surface area contributed by atoms with E-state index in [2.05, 4.69) is 34.3 Å². The fourth-order valence-corrected chi connectivity index (χ4v) is 3.33. The molecule has 2 aromatic rings. The standard InChI is InChI=1S/C14H18OS2/c15-13(7-6-12-8-10-16-11-12)3-1-4-14-5-2-9-17-14/h2,5,8-11,13,15H,1,3-4,6-7H2. The van der Waals surface area contributed by atoms with E-state index in [1.54, 1.807) is 22.7 Å². The molecule has 0 spiro atoms. The molecule has 1 unspecified atom stereocenters. The van der Waals surface area contributed by atoms with E-state index in [0.29, 0.717) is 0 Å². The molecule has 0 bridgehead atoms. The van der Waals surface area contributed by atoms with Crippen LogP contribution in [0.4, 0.5) is 0 Å². The highest BCUT2D eigenvalue weighted by Gasteiger charge is 2.05. The lowest BCUT2D eigenvalue weighted by molar-refractivity contribution is 0.152. The van der Waals surface area contributed by atoms with Gasteiger partial charge in [-0.2, -0.15) is 11.3 Å². The van der Waals surface area contributed by atoms with Gasteiger partial charge in [-0.15, -0.1) is 11.3 Å². The molecule has 0 saturated carbocycles. The number of hydrogen-bond donors (Lipinski definition) is 1. The van der Waals surface area contributed by atoms with Crippen LogP contribution in [0.1, 0.15) is 29.7 Å². The van der Waals surface area contributed by atoms with Crippen molar-refractivity contribution in [2.24, 2.45) is 0 Å². The molecule has 1 N–H and O–H groups in total. The van der Waals surface area contributed by atoms with Gasteiger partial charge in [0.1, 0.15) is 0 Å². The van der Waals surface area contributed by atoms with Crippen LogP contribution in [0, 0.1) is 0 Å². The van der Waals surface area contributed by atoms with E-state index in [-0.39, 0.29) is 6.10 Å². The third-order valence-electron chi connectivity index (χ3n) is 2.89. The largest absolute Gasteiger partial charge is 0.393 e. The maximum absolute atomic E-state index is 9.88. The summed E-state index contributed by atoms with van der Waals surface area (Å²) in [6, 6.07) is 6.40. The van der Waals surface area contributed by atoms with E-state index in [4.69, 9.17) is 0 Å². The molecular formula is C14H18OS2. The first-order valence-corrected chi connectivity index (χ1v) is 7.88. The van der Waals surface area contributed by atoms with Gasteiger partial charge in [0.15, 0.2) is 0 Å². The van der Waals surface area contributed by atoms with Gasteiger partial charge in [-0.1, -0.05) is 6.07 Å². The van der Waals surface area contributed by atoms with Gasteiger partial charge in [-0.05, 0) is 65.9 Å². The van der Waals surface area contributed by atoms with Crippen molar-refractivity contribution in [1.29, 1.82) is 0 Å². The molecule has 0 amide bonds. The van der Waals surface area contributed by atoms with Crippen molar-refractivity contribution >= 4 is 22.7 Å². The van der Waals surface area contributed by atoms with Crippen molar-refractivity contribution in [2.45, 2.75) is 38.2 Å². The molecule has 0 aromatic carbocycles. The second kappa shape index (κ2) is 6.94. The van der Waals surface area contributed by atoms with Crippen molar-refractivity contribution in [1.82, 2.24) is 0 Å². The fourth-order valence-electron chi connectivity index (χ4n) is 1.88. The SMILES string of the molecule is OC(CCCc1cccs1)CCc1ccsc1. The molecule has 3 heteroatoms. The summed E-state index contributed by atoms with van der Waals surface area (Å²) in [4.78, 5) is 1.43. The van der Waals surface area contributed by atoms with Crippen LogP contribution in [0.15, 0.2) is 34.3 Å². The summed E-state index contributed by atoms with van der Waals surface area (Å²) < 4.78 is 0.